The molecule has 1 atom stereocenters. The molecule has 18 heavy (non-hydrogen) atoms. The topological polar surface area (TPSA) is 29.1 Å². The maximum Gasteiger partial charge on any atom is 0.224 e. The highest BCUT2D eigenvalue weighted by atomic mass is 35.5. The van der Waals surface area contributed by atoms with Gasteiger partial charge in [-0.25, -0.2) is 0 Å². The molecule has 2 nitrogen and oxygen atoms in total. The van der Waals surface area contributed by atoms with Crippen LogP contribution in [0.5, 0.6) is 0 Å². The van der Waals surface area contributed by atoms with E-state index in [9.17, 15) is 4.79 Å². The second kappa shape index (κ2) is 5.75. The molecule has 0 spiro atoms. The average Bonchev–Trinajstić information content (AvgIpc) is 2.47. The monoisotopic (exact) mass is 265 g/mol. The number of nitrogens with one attached hydrogen (secondary N) is 1. The molecule has 1 aromatic carbocycles. The molecule has 0 aromatic heterocycles. The highest BCUT2D eigenvalue weighted by Gasteiger charge is 2.16. The first-order valence-corrected chi connectivity index (χ1v) is 7.06. The molecule has 0 fully saturated rings. The molecule has 1 aliphatic rings. The van der Waals surface area contributed by atoms with Gasteiger partial charge in [-0.1, -0.05) is 26.0 Å². The van der Waals surface area contributed by atoms with E-state index in [2.05, 4.69) is 25.2 Å². The molecule has 0 aliphatic carbocycles. The zero-order valence-electron chi connectivity index (χ0n) is 11.0. The van der Waals surface area contributed by atoms with Crippen LogP contribution in [0.4, 0.5) is 5.69 Å². The van der Waals surface area contributed by atoms with E-state index < -0.39 is 0 Å². The summed E-state index contributed by atoms with van der Waals surface area (Å²) in [7, 11) is 0. The zero-order chi connectivity index (χ0) is 13.1. The van der Waals surface area contributed by atoms with Crippen molar-refractivity contribution >= 4 is 23.2 Å². The molecule has 1 unspecified atom stereocenters. The van der Waals surface area contributed by atoms with Crippen molar-refractivity contribution in [1.29, 1.82) is 0 Å². The Bertz CT molecular complexity index is 442. The van der Waals surface area contributed by atoms with Gasteiger partial charge in [-0.15, -0.1) is 11.6 Å². The number of carbonyl (C=O) groups is 1. The lowest BCUT2D eigenvalue weighted by Crippen LogP contribution is -2.09. The van der Waals surface area contributed by atoms with E-state index in [1.807, 2.05) is 12.1 Å². The van der Waals surface area contributed by atoms with Gasteiger partial charge in [0.25, 0.3) is 0 Å². The van der Waals surface area contributed by atoms with Gasteiger partial charge in [0, 0.05) is 12.1 Å². The molecule has 0 saturated heterocycles. The van der Waals surface area contributed by atoms with Gasteiger partial charge in [0.1, 0.15) is 0 Å². The quantitative estimate of drug-likeness (QED) is 0.812. The highest BCUT2D eigenvalue weighted by molar-refractivity contribution is 6.20. The molecule has 1 N–H and O–H groups in total. The molecule has 1 heterocycles. The van der Waals surface area contributed by atoms with Crippen LogP contribution in [-0.4, -0.2) is 5.91 Å². The van der Waals surface area contributed by atoms with E-state index in [1.54, 1.807) is 0 Å². The lowest BCUT2D eigenvalue weighted by molar-refractivity contribution is -0.116. The molecule has 1 aliphatic heterocycles. The second-order valence-corrected chi connectivity index (χ2v) is 5.94. The average molecular weight is 266 g/mol. The van der Waals surface area contributed by atoms with E-state index in [4.69, 9.17) is 11.6 Å². The minimum absolute atomic E-state index is 0.0641. The van der Waals surface area contributed by atoms with Crippen LogP contribution in [0.1, 0.15) is 49.6 Å². The SMILES string of the molecule is CC(C)CC(Cl)c1ccc2c(c1)CCCC(=O)N2. The maximum atomic E-state index is 11.5. The Morgan fingerprint density at radius 2 is 2.11 bits per heavy atom. The summed E-state index contributed by atoms with van der Waals surface area (Å²) in [5.41, 5.74) is 3.34. The summed E-state index contributed by atoms with van der Waals surface area (Å²) < 4.78 is 0. The lowest BCUT2D eigenvalue weighted by Gasteiger charge is -2.15. The lowest BCUT2D eigenvalue weighted by atomic mass is 9.98. The minimum atomic E-state index is 0.0641. The Kier molecular flexibility index (Phi) is 4.28. The van der Waals surface area contributed by atoms with Gasteiger partial charge in [0.2, 0.25) is 5.91 Å². The number of hydrogen-bond donors (Lipinski definition) is 1. The van der Waals surface area contributed by atoms with Gasteiger partial charge in [0.05, 0.1) is 5.38 Å². The van der Waals surface area contributed by atoms with Crippen LogP contribution in [0.15, 0.2) is 18.2 Å². The van der Waals surface area contributed by atoms with Gasteiger partial charge in [-0.2, -0.15) is 0 Å². The first-order valence-electron chi connectivity index (χ1n) is 6.63. The van der Waals surface area contributed by atoms with Crippen LogP contribution in [0.2, 0.25) is 0 Å². The molecule has 1 aromatic rings. The Morgan fingerprint density at radius 3 is 2.83 bits per heavy atom. The Morgan fingerprint density at radius 1 is 1.33 bits per heavy atom. The van der Waals surface area contributed by atoms with E-state index in [1.165, 1.54) is 11.1 Å². The van der Waals surface area contributed by atoms with Crippen molar-refractivity contribution in [3.05, 3.63) is 29.3 Å². The fraction of sp³-hybridized carbons (Fsp3) is 0.533. The summed E-state index contributed by atoms with van der Waals surface area (Å²) in [6.45, 7) is 4.36. The Labute approximate surface area is 114 Å². The molecule has 98 valence electrons. The van der Waals surface area contributed by atoms with E-state index in [0.717, 1.165) is 24.9 Å². The summed E-state index contributed by atoms with van der Waals surface area (Å²) in [5.74, 6) is 0.706. The predicted octanol–water partition coefficient (Wildman–Crippen LogP) is 4.29. The molecular formula is C15H20ClNO. The third-order valence-corrected chi connectivity index (χ3v) is 3.72. The first-order chi connectivity index (χ1) is 8.56. The van der Waals surface area contributed by atoms with Gasteiger partial charge in [-0.3, -0.25) is 4.79 Å². The summed E-state index contributed by atoms with van der Waals surface area (Å²) in [4.78, 5) is 11.5. The summed E-state index contributed by atoms with van der Waals surface area (Å²) in [5, 5.41) is 3.01. The van der Waals surface area contributed by atoms with Crippen molar-refractivity contribution in [1.82, 2.24) is 0 Å². The molecule has 0 bridgehead atoms. The van der Waals surface area contributed by atoms with Crippen LogP contribution in [0.3, 0.4) is 0 Å². The zero-order valence-corrected chi connectivity index (χ0v) is 11.8. The fourth-order valence-corrected chi connectivity index (χ4v) is 2.83. The molecule has 0 saturated carbocycles. The number of halogens is 1. The van der Waals surface area contributed by atoms with Gasteiger partial charge >= 0.3 is 0 Å². The number of carbonyl (C=O) groups excluding carboxylic acids is 1. The summed E-state index contributed by atoms with van der Waals surface area (Å²) in [6.07, 6.45) is 3.46. The third kappa shape index (κ3) is 3.26. The molecule has 1 amide bonds. The number of benzene rings is 1. The smallest absolute Gasteiger partial charge is 0.224 e. The van der Waals surface area contributed by atoms with E-state index >= 15 is 0 Å². The number of alkyl halides is 1. The second-order valence-electron chi connectivity index (χ2n) is 5.42. The number of aryl methyl sites for hydroxylation is 1. The van der Waals surface area contributed by atoms with Crippen LogP contribution in [-0.2, 0) is 11.2 Å². The van der Waals surface area contributed by atoms with E-state index in [-0.39, 0.29) is 11.3 Å². The molecule has 3 heteroatoms. The number of fused-ring (bicyclic) bond motifs is 1. The Hall–Kier alpha value is -1.02. The third-order valence-electron chi connectivity index (χ3n) is 3.29. The van der Waals surface area contributed by atoms with Crippen molar-refractivity contribution in [2.24, 2.45) is 5.92 Å². The van der Waals surface area contributed by atoms with Gasteiger partial charge < -0.3 is 5.32 Å². The fourth-order valence-electron chi connectivity index (χ4n) is 2.34. The van der Waals surface area contributed by atoms with Crippen molar-refractivity contribution < 1.29 is 4.79 Å². The van der Waals surface area contributed by atoms with Gasteiger partial charge in [-0.05, 0) is 42.4 Å². The van der Waals surface area contributed by atoms with Crippen LogP contribution in [0.25, 0.3) is 0 Å². The molecule has 2 rings (SSSR count). The van der Waals surface area contributed by atoms with Gasteiger partial charge in [0.15, 0.2) is 0 Å². The minimum Gasteiger partial charge on any atom is -0.326 e. The van der Waals surface area contributed by atoms with Crippen molar-refractivity contribution in [2.45, 2.75) is 44.9 Å². The van der Waals surface area contributed by atoms with Crippen molar-refractivity contribution in [3.8, 4) is 0 Å². The van der Waals surface area contributed by atoms with Crippen LogP contribution < -0.4 is 5.32 Å². The van der Waals surface area contributed by atoms with Crippen LogP contribution in [0, 0.1) is 5.92 Å². The maximum absolute atomic E-state index is 11.5. The number of amides is 1. The summed E-state index contributed by atoms with van der Waals surface area (Å²) >= 11 is 6.43. The number of anilines is 1. The number of hydrogen-bond acceptors (Lipinski definition) is 1. The van der Waals surface area contributed by atoms with Crippen LogP contribution >= 0.6 is 11.6 Å². The van der Waals surface area contributed by atoms with Crippen molar-refractivity contribution in [2.75, 3.05) is 5.32 Å². The number of rotatable bonds is 3. The van der Waals surface area contributed by atoms with E-state index in [0.29, 0.717) is 12.3 Å². The summed E-state index contributed by atoms with van der Waals surface area (Å²) in [6, 6.07) is 6.18. The Balaban J connectivity index is 2.21. The standard InChI is InChI=1S/C15H20ClNO/c1-10(2)8-13(16)11-6-7-14-12(9-11)4-3-5-15(18)17-14/h6-7,9-10,13H,3-5,8H2,1-2H3,(H,17,18). The first kappa shape index (κ1) is 13.4. The largest absolute Gasteiger partial charge is 0.326 e. The normalized spacial score (nSPS) is 17.0. The molecule has 0 radical (unpaired) electrons. The van der Waals surface area contributed by atoms with Crippen molar-refractivity contribution in [3.63, 3.8) is 0 Å². The predicted molar refractivity (Wildman–Crippen MR) is 76.1 cm³/mol. The highest BCUT2D eigenvalue weighted by Crippen LogP contribution is 2.31. The molecular weight excluding hydrogens is 246 g/mol.